The van der Waals surface area contributed by atoms with E-state index in [1.807, 2.05) is 11.9 Å². The number of unbranched alkanes of at least 4 members (excludes halogenated alkanes) is 6. The molecule has 1 amide bonds. The van der Waals surface area contributed by atoms with Gasteiger partial charge in [-0.25, -0.2) is 0 Å². The molecule has 1 aliphatic rings. The summed E-state index contributed by atoms with van der Waals surface area (Å²) in [6.45, 7) is 2.85. The molecule has 19 heavy (non-hydrogen) atoms. The highest BCUT2D eigenvalue weighted by Crippen LogP contribution is 2.34. The summed E-state index contributed by atoms with van der Waals surface area (Å²) in [7, 11) is 1.93. The number of nitrogens with zero attached hydrogens (tertiary/aromatic N) is 1. The molecule has 0 radical (unpaired) electrons. The van der Waals surface area contributed by atoms with Crippen LogP contribution >= 0.6 is 0 Å². The van der Waals surface area contributed by atoms with Crippen LogP contribution in [0.1, 0.15) is 71.1 Å². The SMILES string of the molecule is CCCCCCCCCC(=O)N(C)C(CN)C1CC1. The molecule has 0 aromatic heterocycles. The largest absolute Gasteiger partial charge is 0.341 e. The Morgan fingerprint density at radius 3 is 2.26 bits per heavy atom. The Morgan fingerprint density at radius 2 is 1.74 bits per heavy atom. The fourth-order valence-electron chi connectivity index (χ4n) is 2.74. The van der Waals surface area contributed by atoms with E-state index in [2.05, 4.69) is 6.92 Å². The Labute approximate surface area is 118 Å². The quantitative estimate of drug-likeness (QED) is 0.584. The van der Waals surface area contributed by atoms with Gasteiger partial charge in [-0.05, 0) is 25.2 Å². The van der Waals surface area contributed by atoms with Gasteiger partial charge in [-0.1, -0.05) is 45.4 Å². The van der Waals surface area contributed by atoms with Crippen molar-refractivity contribution < 1.29 is 4.79 Å². The second kappa shape index (κ2) is 9.35. The van der Waals surface area contributed by atoms with Crippen molar-refractivity contribution >= 4 is 5.91 Å². The third-order valence-corrected chi connectivity index (χ3v) is 4.29. The van der Waals surface area contributed by atoms with Crippen LogP contribution in [0.15, 0.2) is 0 Å². The van der Waals surface area contributed by atoms with Gasteiger partial charge in [0.05, 0.1) is 0 Å². The molecule has 1 rings (SSSR count). The first-order valence-electron chi connectivity index (χ1n) is 8.16. The first-order chi connectivity index (χ1) is 9.20. The normalized spacial score (nSPS) is 16.4. The number of carbonyl (C=O) groups excluding carboxylic acids is 1. The smallest absolute Gasteiger partial charge is 0.222 e. The van der Waals surface area contributed by atoms with Crippen LogP contribution in [0.5, 0.6) is 0 Å². The molecule has 3 nitrogen and oxygen atoms in total. The Morgan fingerprint density at radius 1 is 1.16 bits per heavy atom. The van der Waals surface area contributed by atoms with Gasteiger partial charge < -0.3 is 10.6 Å². The lowest BCUT2D eigenvalue weighted by Gasteiger charge is -2.27. The van der Waals surface area contributed by atoms with E-state index in [1.165, 1.54) is 51.4 Å². The number of likely N-dealkylation sites (N-methyl/N-ethyl adjacent to an activating group) is 1. The minimum Gasteiger partial charge on any atom is -0.341 e. The molecule has 0 heterocycles. The minimum absolute atomic E-state index is 0.288. The van der Waals surface area contributed by atoms with E-state index in [4.69, 9.17) is 5.73 Å². The molecule has 0 aliphatic heterocycles. The average Bonchev–Trinajstić information content (AvgIpc) is 3.22. The minimum atomic E-state index is 0.288. The Bertz CT molecular complexity index is 251. The fourth-order valence-corrected chi connectivity index (χ4v) is 2.74. The zero-order valence-corrected chi connectivity index (χ0v) is 12.9. The van der Waals surface area contributed by atoms with Crippen LogP contribution in [-0.2, 0) is 4.79 Å². The summed E-state index contributed by atoms with van der Waals surface area (Å²) in [5, 5.41) is 0. The number of carbonyl (C=O) groups is 1. The summed E-state index contributed by atoms with van der Waals surface area (Å²) in [6, 6.07) is 0.289. The standard InChI is InChI=1S/C16H32N2O/c1-3-4-5-6-7-8-9-10-16(19)18(2)15(13-17)14-11-12-14/h14-15H,3-13,17H2,1-2H3. The molecule has 0 spiro atoms. The molecule has 1 aliphatic carbocycles. The maximum atomic E-state index is 12.1. The van der Waals surface area contributed by atoms with Gasteiger partial charge in [0.1, 0.15) is 0 Å². The summed E-state index contributed by atoms with van der Waals surface area (Å²) in [5.41, 5.74) is 5.78. The molecule has 0 aromatic rings. The molecule has 0 aromatic carbocycles. The number of hydrogen-bond donors (Lipinski definition) is 1. The van der Waals surface area contributed by atoms with Gasteiger partial charge >= 0.3 is 0 Å². The van der Waals surface area contributed by atoms with Crippen LogP contribution < -0.4 is 5.73 Å². The van der Waals surface area contributed by atoms with Gasteiger partial charge in [0, 0.05) is 26.1 Å². The molecule has 0 saturated heterocycles. The van der Waals surface area contributed by atoms with Gasteiger partial charge in [-0.3, -0.25) is 4.79 Å². The van der Waals surface area contributed by atoms with Crippen molar-refractivity contribution in [3.8, 4) is 0 Å². The molecule has 0 bridgehead atoms. The summed E-state index contributed by atoms with van der Waals surface area (Å²) in [6.07, 6.45) is 12.0. The van der Waals surface area contributed by atoms with Crippen molar-refractivity contribution in [2.75, 3.05) is 13.6 Å². The third kappa shape index (κ3) is 6.42. The summed E-state index contributed by atoms with van der Waals surface area (Å²) >= 11 is 0. The van der Waals surface area contributed by atoms with Crippen molar-refractivity contribution in [1.82, 2.24) is 4.90 Å². The lowest BCUT2D eigenvalue weighted by atomic mass is 10.1. The molecule has 112 valence electrons. The average molecular weight is 268 g/mol. The van der Waals surface area contributed by atoms with E-state index in [0.29, 0.717) is 18.9 Å². The van der Waals surface area contributed by atoms with Gasteiger partial charge in [-0.15, -0.1) is 0 Å². The maximum Gasteiger partial charge on any atom is 0.222 e. The lowest BCUT2D eigenvalue weighted by Crippen LogP contribution is -2.43. The summed E-state index contributed by atoms with van der Waals surface area (Å²) < 4.78 is 0. The zero-order chi connectivity index (χ0) is 14.1. The van der Waals surface area contributed by atoms with Gasteiger partial charge in [0.25, 0.3) is 0 Å². The molecule has 1 atom stereocenters. The highest BCUT2D eigenvalue weighted by molar-refractivity contribution is 5.76. The Balaban J connectivity index is 2.06. The van der Waals surface area contributed by atoms with E-state index in [9.17, 15) is 4.79 Å². The third-order valence-electron chi connectivity index (χ3n) is 4.29. The predicted octanol–water partition coefficient (Wildman–Crippen LogP) is 3.32. The van der Waals surface area contributed by atoms with Crippen molar-refractivity contribution in [1.29, 1.82) is 0 Å². The molecule has 1 fully saturated rings. The molecular formula is C16H32N2O. The van der Waals surface area contributed by atoms with Crippen molar-refractivity contribution in [3.05, 3.63) is 0 Å². The highest BCUT2D eigenvalue weighted by atomic mass is 16.2. The monoisotopic (exact) mass is 268 g/mol. The van der Waals surface area contributed by atoms with Crippen LogP contribution in [-0.4, -0.2) is 30.4 Å². The number of nitrogens with two attached hydrogens (primary N) is 1. The van der Waals surface area contributed by atoms with E-state index in [1.54, 1.807) is 0 Å². The van der Waals surface area contributed by atoms with Gasteiger partial charge in [0.2, 0.25) is 5.91 Å². The van der Waals surface area contributed by atoms with Crippen LogP contribution in [0.3, 0.4) is 0 Å². The summed E-state index contributed by atoms with van der Waals surface area (Å²) in [4.78, 5) is 14.0. The second-order valence-corrected chi connectivity index (χ2v) is 6.02. The van der Waals surface area contributed by atoms with Crippen LogP contribution in [0.2, 0.25) is 0 Å². The fraction of sp³-hybridized carbons (Fsp3) is 0.938. The predicted molar refractivity (Wildman–Crippen MR) is 80.9 cm³/mol. The Kier molecular flexibility index (Phi) is 8.11. The molecule has 1 saturated carbocycles. The van der Waals surface area contributed by atoms with Crippen molar-refractivity contribution in [2.24, 2.45) is 11.7 Å². The number of amides is 1. The van der Waals surface area contributed by atoms with Gasteiger partial charge in [-0.2, -0.15) is 0 Å². The molecule has 3 heteroatoms. The summed E-state index contributed by atoms with van der Waals surface area (Å²) in [5.74, 6) is 0.962. The Hall–Kier alpha value is -0.570. The molecular weight excluding hydrogens is 236 g/mol. The van der Waals surface area contributed by atoms with E-state index < -0.39 is 0 Å². The van der Waals surface area contributed by atoms with Crippen LogP contribution in [0.4, 0.5) is 0 Å². The number of rotatable bonds is 11. The van der Waals surface area contributed by atoms with Crippen molar-refractivity contribution in [2.45, 2.75) is 77.2 Å². The molecule has 2 N–H and O–H groups in total. The van der Waals surface area contributed by atoms with Gasteiger partial charge in [0.15, 0.2) is 0 Å². The molecule has 1 unspecified atom stereocenters. The lowest BCUT2D eigenvalue weighted by molar-refractivity contribution is -0.132. The highest BCUT2D eigenvalue weighted by Gasteiger charge is 2.34. The van der Waals surface area contributed by atoms with E-state index in [0.717, 1.165) is 6.42 Å². The van der Waals surface area contributed by atoms with Crippen LogP contribution in [0.25, 0.3) is 0 Å². The topological polar surface area (TPSA) is 46.3 Å². The first-order valence-corrected chi connectivity index (χ1v) is 8.16. The zero-order valence-electron chi connectivity index (χ0n) is 12.9. The van der Waals surface area contributed by atoms with E-state index in [-0.39, 0.29) is 11.9 Å². The first kappa shape index (κ1) is 16.5. The van der Waals surface area contributed by atoms with Crippen molar-refractivity contribution in [3.63, 3.8) is 0 Å². The maximum absolute atomic E-state index is 12.1. The van der Waals surface area contributed by atoms with E-state index >= 15 is 0 Å². The van der Waals surface area contributed by atoms with Crippen LogP contribution in [0, 0.1) is 5.92 Å². The number of hydrogen-bond acceptors (Lipinski definition) is 2. The second-order valence-electron chi connectivity index (χ2n) is 6.02.